The zero-order valence-electron chi connectivity index (χ0n) is 21.0. The van der Waals surface area contributed by atoms with Crippen LogP contribution in [0, 0.1) is 0 Å². The Balaban J connectivity index is 1.85. The molecule has 1 aliphatic heterocycles. The lowest BCUT2D eigenvalue weighted by Gasteiger charge is -2.35. The summed E-state index contributed by atoms with van der Waals surface area (Å²) in [4.78, 5) is 26.1. The normalized spacial score (nSPS) is 19.8. The van der Waals surface area contributed by atoms with Crippen LogP contribution in [0.25, 0.3) is 0 Å². The van der Waals surface area contributed by atoms with Crippen LogP contribution < -0.4 is 11.1 Å². The van der Waals surface area contributed by atoms with E-state index in [4.69, 9.17) is 10.5 Å². The van der Waals surface area contributed by atoms with Crippen molar-refractivity contribution in [1.29, 1.82) is 0 Å². The maximum absolute atomic E-state index is 13.3. The van der Waals surface area contributed by atoms with Crippen molar-refractivity contribution in [2.45, 2.75) is 49.7 Å². The average molecular weight is 562 g/mol. The Morgan fingerprint density at radius 1 is 1.00 bits per heavy atom. The highest BCUT2D eigenvalue weighted by molar-refractivity contribution is 6.07. The van der Waals surface area contributed by atoms with Crippen molar-refractivity contribution in [1.82, 2.24) is 10.2 Å². The van der Waals surface area contributed by atoms with E-state index in [1.165, 1.54) is 11.8 Å². The molecule has 214 valence electrons. The van der Waals surface area contributed by atoms with Crippen LogP contribution in [0.5, 0.6) is 0 Å². The molecule has 0 radical (unpaired) electrons. The molecule has 3 rings (SSSR count). The number of nitrogens with zero attached hydrogens (tertiary/aromatic N) is 1. The Bertz CT molecular complexity index is 1130. The van der Waals surface area contributed by atoms with Crippen molar-refractivity contribution in [3.63, 3.8) is 0 Å². The Morgan fingerprint density at radius 2 is 1.59 bits per heavy atom. The molecule has 13 heteroatoms. The van der Waals surface area contributed by atoms with Crippen molar-refractivity contribution in [3.8, 4) is 0 Å². The first kappa shape index (κ1) is 30.4. The SMILES string of the molecule is C[C@@H](OCC(CCC1(CN)C(=O)NC(=O)N1CCO)c1ccccc1)c1cc(C(F)(F)F)cc(C(F)(F)F)c1. The average Bonchev–Trinajstić information content (AvgIpc) is 3.12. The minimum absolute atomic E-state index is 0.0569. The summed E-state index contributed by atoms with van der Waals surface area (Å²) in [6, 6.07) is 9.42. The van der Waals surface area contributed by atoms with Crippen LogP contribution in [0.4, 0.5) is 31.1 Å². The molecule has 1 aliphatic rings. The van der Waals surface area contributed by atoms with Crippen LogP contribution in [-0.4, -0.2) is 53.8 Å². The standard InChI is InChI=1S/C26H29F6N3O4/c1-16(19-11-20(25(27,28)29)13-21(12-19)26(30,31)32)39-14-18(17-5-3-2-4-6-17)7-8-24(15-33)22(37)34-23(38)35(24)9-10-36/h2-6,11-13,16,18,36H,7-10,14-15,33H2,1H3,(H,34,37,38)/t16-,18?,24?/m1/s1. The molecule has 1 saturated heterocycles. The lowest BCUT2D eigenvalue weighted by molar-refractivity contribution is -0.143. The van der Waals surface area contributed by atoms with Gasteiger partial charge in [0.2, 0.25) is 0 Å². The van der Waals surface area contributed by atoms with E-state index >= 15 is 0 Å². The third-order valence-corrected chi connectivity index (χ3v) is 6.87. The van der Waals surface area contributed by atoms with Crippen LogP contribution in [0.3, 0.4) is 0 Å². The van der Waals surface area contributed by atoms with E-state index in [2.05, 4.69) is 5.32 Å². The van der Waals surface area contributed by atoms with E-state index in [1.54, 1.807) is 30.3 Å². The first-order valence-electron chi connectivity index (χ1n) is 12.1. The van der Waals surface area contributed by atoms with Gasteiger partial charge in [0, 0.05) is 19.0 Å². The lowest BCUT2D eigenvalue weighted by Crippen LogP contribution is -2.56. The van der Waals surface area contributed by atoms with Crippen molar-refractivity contribution < 1.29 is 45.8 Å². The number of halogens is 6. The number of nitrogens with one attached hydrogen (secondary N) is 1. The van der Waals surface area contributed by atoms with Gasteiger partial charge < -0.3 is 20.5 Å². The van der Waals surface area contributed by atoms with Gasteiger partial charge in [-0.05, 0) is 49.1 Å². The molecule has 4 N–H and O–H groups in total. The molecule has 0 spiro atoms. The van der Waals surface area contributed by atoms with E-state index in [0.29, 0.717) is 12.1 Å². The molecule has 2 unspecified atom stereocenters. The maximum atomic E-state index is 13.3. The summed E-state index contributed by atoms with van der Waals surface area (Å²) >= 11 is 0. The molecular formula is C26H29F6N3O4. The van der Waals surface area contributed by atoms with Gasteiger partial charge in [0.15, 0.2) is 0 Å². The summed E-state index contributed by atoms with van der Waals surface area (Å²) in [7, 11) is 0. The molecule has 1 fully saturated rings. The number of carbonyl (C=O) groups is 2. The van der Waals surface area contributed by atoms with Crippen LogP contribution in [0.1, 0.15) is 54.0 Å². The Kier molecular flexibility index (Phi) is 9.29. The number of aliphatic hydroxyl groups excluding tert-OH is 1. The second-order valence-electron chi connectivity index (χ2n) is 9.33. The van der Waals surface area contributed by atoms with Gasteiger partial charge >= 0.3 is 18.4 Å². The number of nitrogens with two attached hydrogens (primary N) is 1. The minimum atomic E-state index is -4.99. The number of ether oxygens (including phenoxy) is 1. The molecule has 3 atom stereocenters. The molecule has 0 bridgehead atoms. The number of aliphatic hydroxyl groups is 1. The van der Waals surface area contributed by atoms with E-state index < -0.39 is 59.6 Å². The van der Waals surface area contributed by atoms with Crippen LogP contribution in [-0.2, 0) is 21.9 Å². The van der Waals surface area contributed by atoms with Gasteiger partial charge in [0.1, 0.15) is 5.54 Å². The minimum Gasteiger partial charge on any atom is -0.395 e. The fraction of sp³-hybridized carbons (Fsp3) is 0.462. The Morgan fingerprint density at radius 3 is 2.10 bits per heavy atom. The molecule has 7 nitrogen and oxygen atoms in total. The number of β-amino-alcohol motifs (C(OH)–C–C–N with tert-alkyl or cyclic N) is 1. The number of benzene rings is 2. The number of amides is 3. The van der Waals surface area contributed by atoms with E-state index in [9.17, 15) is 41.0 Å². The fourth-order valence-corrected chi connectivity index (χ4v) is 4.62. The highest BCUT2D eigenvalue weighted by atomic mass is 19.4. The van der Waals surface area contributed by atoms with Gasteiger partial charge in [-0.25, -0.2) is 4.79 Å². The highest BCUT2D eigenvalue weighted by Crippen LogP contribution is 2.38. The molecule has 0 aromatic heterocycles. The third kappa shape index (κ3) is 6.89. The van der Waals surface area contributed by atoms with Gasteiger partial charge in [-0.1, -0.05) is 30.3 Å². The number of imide groups is 1. The molecular weight excluding hydrogens is 532 g/mol. The van der Waals surface area contributed by atoms with Crippen LogP contribution in [0.2, 0.25) is 0 Å². The number of hydrogen-bond donors (Lipinski definition) is 3. The number of hydrogen-bond acceptors (Lipinski definition) is 5. The molecule has 0 saturated carbocycles. The molecule has 2 aromatic rings. The summed E-state index contributed by atoms with van der Waals surface area (Å²) in [6.07, 6.45) is -10.8. The predicted molar refractivity (Wildman–Crippen MR) is 128 cm³/mol. The zero-order valence-corrected chi connectivity index (χ0v) is 21.0. The number of urea groups is 1. The van der Waals surface area contributed by atoms with E-state index in [1.807, 2.05) is 0 Å². The monoisotopic (exact) mass is 561 g/mol. The fourth-order valence-electron chi connectivity index (χ4n) is 4.62. The Labute approximate surface area is 220 Å². The smallest absolute Gasteiger partial charge is 0.395 e. The van der Waals surface area contributed by atoms with Crippen LogP contribution >= 0.6 is 0 Å². The topological polar surface area (TPSA) is 105 Å². The summed E-state index contributed by atoms with van der Waals surface area (Å²) in [6.45, 7) is 0.482. The van der Waals surface area contributed by atoms with E-state index in [0.717, 1.165) is 5.56 Å². The molecule has 1 heterocycles. The quantitative estimate of drug-likeness (QED) is 0.275. The van der Waals surface area contributed by atoms with Gasteiger partial charge in [-0.3, -0.25) is 10.1 Å². The van der Waals surface area contributed by atoms with Crippen molar-refractivity contribution in [2.75, 3.05) is 26.3 Å². The number of rotatable bonds is 11. The summed E-state index contributed by atoms with van der Waals surface area (Å²) in [5.41, 5.74) is 2.06. The van der Waals surface area contributed by atoms with Crippen molar-refractivity contribution >= 4 is 11.9 Å². The number of alkyl halides is 6. The summed E-state index contributed by atoms with van der Waals surface area (Å²) in [5.74, 6) is -1.07. The maximum Gasteiger partial charge on any atom is 0.416 e. The predicted octanol–water partition coefficient (Wildman–Crippen LogP) is 4.61. The van der Waals surface area contributed by atoms with Gasteiger partial charge in [-0.15, -0.1) is 0 Å². The van der Waals surface area contributed by atoms with Gasteiger partial charge in [0.25, 0.3) is 5.91 Å². The third-order valence-electron chi connectivity index (χ3n) is 6.87. The van der Waals surface area contributed by atoms with E-state index in [-0.39, 0.29) is 44.2 Å². The Hall–Kier alpha value is -3.16. The number of carbonyl (C=O) groups excluding carboxylic acids is 2. The molecule has 3 amide bonds. The largest absolute Gasteiger partial charge is 0.416 e. The van der Waals surface area contributed by atoms with Crippen molar-refractivity contribution in [3.05, 3.63) is 70.8 Å². The summed E-state index contributed by atoms with van der Waals surface area (Å²) < 4.78 is 85.6. The molecule has 39 heavy (non-hydrogen) atoms. The van der Waals surface area contributed by atoms with Crippen LogP contribution in [0.15, 0.2) is 48.5 Å². The first-order chi connectivity index (χ1) is 18.2. The lowest BCUT2D eigenvalue weighted by atomic mass is 9.85. The van der Waals surface area contributed by atoms with Gasteiger partial charge in [-0.2, -0.15) is 26.3 Å². The zero-order chi connectivity index (χ0) is 29.0. The molecule has 2 aromatic carbocycles. The molecule has 0 aliphatic carbocycles. The second kappa shape index (κ2) is 11.9. The second-order valence-corrected chi connectivity index (χ2v) is 9.33. The summed E-state index contributed by atoms with van der Waals surface area (Å²) in [5, 5.41) is 11.6. The van der Waals surface area contributed by atoms with Gasteiger partial charge in [0.05, 0.1) is 30.4 Å². The van der Waals surface area contributed by atoms with Crippen molar-refractivity contribution in [2.24, 2.45) is 5.73 Å². The first-order valence-corrected chi connectivity index (χ1v) is 12.1. The highest BCUT2D eigenvalue weighted by Gasteiger charge is 2.51.